The zero-order valence-corrected chi connectivity index (χ0v) is 13.9. The van der Waals surface area contributed by atoms with Crippen molar-refractivity contribution in [2.45, 2.75) is 13.3 Å². The van der Waals surface area contributed by atoms with Gasteiger partial charge in [-0.3, -0.25) is 4.99 Å². The molecule has 0 saturated carbocycles. The minimum absolute atomic E-state index is 0.414. The number of ether oxygens (including phenoxy) is 1. The molecule has 1 aromatic carbocycles. The lowest BCUT2D eigenvalue weighted by Crippen LogP contribution is -2.22. The monoisotopic (exact) mass is 327 g/mol. The van der Waals surface area contributed by atoms with Crippen molar-refractivity contribution in [3.8, 4) is 11.6 Å². The molecule has 0 saturated heterocycles. The second-order valence-electron chi connectivity index (χ2n) is 5.30. The van der Waals surface area contributed by atoms with E-state index in [1.165, 1.54) is 11.3 Å². The molecule has 0 aliphatic carbocycles. The van der Waals surface area contributed by atoms with Gasteiger partial charge in [-0.1, -0.05) is 18.5 Å². The molecule has 2 aromatic rings. The van der Waals surface area contributed by atoms with E-state index in [1.807, 2.05) is 30.5 Å². The fourth-order valence-corrected chi connectivity index (χ4v) is 2.71. The molecule has 1 aliphatic rings. The van der Waals surface area contributed by atoms with Crippen molar-refractivity contribution < 1.29 is 4.74 Å². The molecule has 0 N–H and O–H groups in total. The molecule has 0 spiro atoms. The molecule has 2 heterocycles. The van der Waals surface area contributed by atoms with Crippen LogP contribution in [0.25, 0.3) is 5.70 Å². The Hall–Kier alpha value is -2.33. The lowest BCUT2D eigenvalue weighted by molar-refractivity contribution is 0.462. The average Bonchev–Trinajstić information content (AvgIpc) is 2.57. The van der Waals surface area contributed by atoms with Crippen LogP contribution < -0.4 is 4.74 Å². The Morgan fingerprint density at radius 3 is 2.70 bits per heavy atom. The van der Waals surface area contributed by atoms with Gasteiger partial charge >= 0.3 is 0 Å². The number of nitrogens with zero attached hydrogens (tertiary/aromatic N) is 3. The summed E-state index contributed by atoms with van der Waals surface area (Å²) in [6.45, 7) is 2.82. The molecular formula is C18H18ClN3O. The van der Waals surface area contributed by atoms with Gasteiger partial charge in [0.2, 0.25) is 5.88 Å². The van der Waals surface area contributed by atoms with E-state index < -0.39 is 0 Å². The van der Waals surface area contributed by atoms with Crippen molar-refractivity contribution in [1.29, 1.82) is 0 Å². The van der Waals surface area contributed by atoms with Gasteiger partial charge < -0.3 is 9.64 Å². The fraction of sp³-hybridized carbons (Fsp3) is 0.222. The molecule has 3 rings (SSSR count). The summed E-state index contributed by atoms with van der Waals surface area (Å²) in [6, 6.07) is 11.5. The Balaban J connectivity index is 1.86. The van der Waals surface area contributed by atoms with Gasteiger partial charge in [0, 0.05) is 25.2 Å². The maximum atomic E-state index is 6.07. The lowest BCUT2D eigenvalue weighted by Gasteiger charge is -2.26. The Morgan fingerprint density at radius 2 is 2.00 bits per heavy atom. The highest BCUT2D eigenvalue weighted by Gasteiger charge is 2.15. The van der Waals surface area contributed by atoms with Gasteiger partial charge in [0.05, 0.1) is 0 Å². The predicted octanol–water partition coefficient (Wildman–Crippen LogP) is 4.62. The number of aromatic nitrogens is 1. The highest BCUT2D eigenvalue weighted by Crippen LogP contribution is 2.30. The Kier molecular flexibility index (Phi) is 4.63. The Morgan fingerprint density at radius 1 is 1.22 bits per heavy atom. The predicted molar refractivity (Wildman–Crippen MR) is 94.1 cm³/mol. The second-order valence-corrected chi connectivity index (χ2v) is 5.70. The van der Waals surface area contributed by atoms with Gasteiger partial charge in [-0.05, 0) is 54.0 Å². The van der Waals surface area contributed by atoms with E-state index in [1.54, 1.807) is 18.3 Å². The van der Waals surface area contributed by atoms with Crippen molar-refractivity contribution >= 4 is 23.5 Å². The van der Waals surface area contributed by atoms with Gasteiger partial charge in [0.25, 0.3) is 0 Å². The van der Waals surface area contributed by atoms with Gasteiger partial charge in [-0.15, -0.1) is 0 Å². The summed E-state index contributed by atoms with van der Waals surface area (Å²) in [6.07, 6.45) is 4.57. The maximum absolute atomic E-state index is 6.07. The first-order chi connectivity index (χ1) is 11.2. The number of halogens is 1. The van der Waals surface area contributed by atoms with Gasteiger partial charge in [-0.25, -0.2) is 4.98 Å². The molecule has 1 aromatic heterocycles. The molecule has 0 unspecified atom stereocenters. The van der Waals surface area contributed by atoms with E-state index in [0.29, 0.717) is 23.3 Å². The van der Waals surface area contributed by atoms with Crippen molar-refractivity contribution in [3.05, 3.63) is 58.8 Å². The summed E-state index contributed by atoms with van der Waals surface area (Å²) in [5.41, 5.74) is 3.60. The van der Waals surface area contributed by atoms with Crippen LogP contribution in [0.5, 0.6) is 11.6 Å². The molecular weight excluding hydrogens is 310 g/mol. The third-order valence-corrected chi connectivity index (χ3v) is 3.96. The summed E-state index contributed by atoms with van der Waals surface area (Å²) in [5, 5.41) is 0.496. The molecule has 23 heavy (non-hydrogen) atoms. The standard InChI is InChI=1S/C18H18ClN3O/c1-3-13-11-20-12-22(2)17(13)14-6-8-15(9-7-14)23-18-16(19)5-4-10-21-18/h4-11H,3,12H2,1-2H3. The highest BCUT2D eigenvalue weighted by molar-refractivity contribution is 6.31. The van der Waals surface area contributed by atoms with Crippen LogP contribution in [0.4, 0.5) is 0 Å². The van der Waals surface area contributed by atoms with E-state index in [4.69, 9.17) is 16.3 Å². The van der Waals surface area contributed by atoms with Crippen molar-refractivity contribution in [2.24, 2.45) is 4.99 Å². The van der Waals surface area contributed by atoms with E-state index in [9.17, 15) is 0 Å². The van der Waals surface area contributed by atoms with Crippen LogP contribution in [0.3, 0.4) is 0 Å². The smallest absolute Gasteiger partial charge is 0.238 e. The molecule has 0 fully saturated rings. The quantitative estimate of drug-likeness (QED) is 0.822. The molecule has 4 nitrogen and oxygen atoms in total. The zero-order chi connectivity index (χ0) is 16.2. The number of aliphatic imine (C=N–C) groups is 1. The number of rotatable bonds is 4. The van der Waals surface area contributed by atoms with Gasteiger partial charge in [0.15, 0.2) is 0 Å². The minimum Gasteiger partial charge on any atom is -0.438 e. The third kappa shape index (κ3) is 3.37. The molecule has 1 aliphatic heterocycles. The van der Waals surface area contributed by atoms with Crippen LogP contribution in [-0.2, 0) is 0 Å². The average molecular weight is 328 g/mol. The number of allylic oxidation sites excluding steroid dienone is 1. The first-order valence-corrected chi connectivity index (χ1v) is 7.89. The van der Waals surface area contributed by atoms with Crippen LogP contribution >= 0.6 is 11.6 Å². The summed E-state index contributed by atoms with van der Waals surface area (Å²) in [5.74, 6) is 1.12. The Bertz CT molecular complexity index is 753. The SMILES string of the molecule is CCC1=C(c2ccc(Oc3ncccc3Cl)cc2)N(C)CN=C1. The maximum Gasteiger partial charge on any atom is 0.238 e. The molecule has 118 valence electrons. The van der Waals surface area contributed by atoms with Crippen LogP contribution in [0.15, 0.2) is 53.2 Å². The largest absolute Gasteiger partial charge is 0.438 e. The van der Waals surface area contributed by atoms with Crippen LogP contribution in [0, 0.1) is 0 Å². The molecule has 5 heteroatoms. The van der Waals surface area contributed by atoms with E-state index in [-0.39, 0.29) is 0 Å². The molecule has 0 atom stereocenters. The van der Waals surface area contributed by atoms with Crippen molar-refractivity contribution in [1.82, 2.24) is 9.88 Å². The topological polar surface area (TPSA) is 37.7 Å². The summed E-state index contributed by atoms with van der Waals surface area (Å²) in [4.78, 5) is 10.7. The van der Waals surface area contributed by atoms with Crippen LogP contribution in [0.1, 0.15) is 18.9 Å². The number of pyridine rings is 1. The van der Waals surface area contributed by atoms with Crippen LogP contribution in [0.2, 0.25) is 5.02 Å². The van der Waals surface area contributed by atoms with Gasteiger partial charge in [0.1, 0.15) is 17.4 Å². The Labute approximate surface area is 141 Å². The first kappa shape index (κ1) is 15.6. The lowest BCUT2D eigenvalue weighted by atomic mass is 10.0. The number of benzene rings is 1. The van der Waals surface area contributed by atoms with Crippen molar-refractivity contribution in [2.75, 3.05) is 13.7 Å². The third-order valence-electron chi connectivity index (χ3n) is 3.67. The molecule has 0 radical (unpaired) electrons. The van der Waals surface area contributed by atoms with Crippen LogP contribution in [-0.4, -0.2) is 29.8 Å². The first-order valence-electron chi connectivity index (χ1n) is 7.52. The second kappa shape index (κ2) is 6.84. The number of hydrogen-bond acceptors (Lipinski definition) is 4. The fourth-order valence-electron chi connectivity index (χ4n) is 2.55. The number of hydrogen-bond donors (Lipinski definition) is 0. The summed E-state index contributed by atoms with van der Waals surface area (Å²) >= 11 is 6.07. The summed E-state index contributed by atoms with van der Waals surface area (Å²) < 4.78 is 5.73. The van der Waals surface area contributed by atoms with E-state index in [2.05, 4.69) is 28.8 Å². The highest BCUT2D eigenvalue weighted by atomic mass is 35.5. The van der Waals surface area contributed by atoms with Crippen molar-refractivity contribution in [3.63, 3.8) is 0 Å². The summed E-state index contributed by atoms with van der Waals surface area (Å²) in [7, 11) is 2.06. The normalized spacial score (nSPS) is 14.3. The van der Waals surface area contributed by atoms with E-state index in [0.717, 1.165) is 12.0 Å². The molecule has 0 amide bonds. The minimum atomic E-state index is 0.414. The zero-order valence-electron chi connectivity index (χ0n) is 13.2. The van der Waals surface area contributed by atoms with E-state index >= 15 is 0 Å². The molecule has 0 bridgehead atoms. The van der Waals surface area contributed by atoms with Gasteiger partial charge in [-0.2, -0.15) is 0 Å².